The van der Waals surface area contributed by atoms with Gasteiger partial charge in [-0.2, -0.15) is 5.26 Å². The van der Waals surface area contributed by atoms with E-state index in [1.807, 2.05) is 0 Å². The summed E-state index contributed by atoms with van der Waals surface area (Å²) in [5.74, 6) is 0.833. The Morgan fingerprint density at radius 3 is 2.50 bits per heavy atom. The number of likely N-dealkylation sites (tertiary alicyclic amines) is 1. The maximum Gasteiger partial charge on any atom is 0.0703 e. The minimum absolute atomic E-state index is 0.0639. The molecule has 2 fully saturated rings. The first-order valence-electron chi connectivity index (χ1n) is 4.82. The standard InChI is InChI=1S/C10H16N2/c1-8-5-12(9(8)2)7-10(6-11)3-4-10/h8-9H,3-5,7H2,1-2H3. The third-order valence-corrected chi connectivity index (χ3v) is 3.52. The highest BCUT2D eigenvalue weighted by atomic mass is 15.2. The molecule has 2 aliphatic rings. The molecule has 2 nitrogen and oxygen atoms in total. The van der Waals surface area contributed by atoms with Crippen LogP contribution >= 0.6 is 0 Å². The molecule has 0 aromatic carbocycles. The van der Waals surface area contributed by atoms with Gasteiger partial charge in [-0.15, -0.1) is 0 Å². The molecular formula is C10H16N2. The van der Waals surface area contributed by atoms with E-state index in [4.69, 9.17) is 5.26 Å². The highest BCUT2D eigenvalue weighted by molar-refractivity contribution is 5.12. The molecule has 0 N–H and O–H groups in total. The Balaban J connectivity index is 1.86. The van der Waals surface area contributed by atoms with E-state index in [-0.39, 0.29) is 5.41 Å². The molecule has 2 unspecified atom stereocenters. The largest absolute Gasteiger partial charge is 0.298 e. The van der Waals surface area contributed by atoms with Crippen molar-refractivity contribution in [2.45, 2.75) is 32.7 Å². The van der Waals surface area contributed by atoms with Gasteiger partial charge in [0.15, 0.2) is 0 Å². The first kappa shape index (κ1) is 8.07. The lowest BCUT2D eigenvalue weighted by Crippen LogP contribution is -2.54. The lowest BCUT2D eigenvalue weighted by atomic mass is 9.90. The van der Waals surface area contributed by atoms with Crippen molar-refractivity contribution in [3.63, 3.8) is 0 Å². The van der Waals surface area contributed by atoms with Gasteiger partial charge >= 0.3 is 0 Å². The summed E-state index contributed by atoms with van der Waals surface area (Å²) in [6, 6.07) is 3.15. The molecule has 0 aromatic heterocycles. The van der Waals surface area contributed by atoms with E-state index in [1.54, 1.807) is 0 Å². The van der Waals surface area contributed by atoms with Crippen LogP contribution in [0.1, 0.15) is 26.7 Å². The van der Waals surface area contributed by atoms with E-state index < -0.39 is 0 Å². The number of hydrogen-bond donors (Lipinski definition) is 0. The van der Waals surface area contributed by atoms with Crippen molar-refractivity contribution in [3.05, 3.63) is 0 Å². The Kier molecular flexibility index (Phi) is 1.66. The molecule has 0 bridgehead atoms. The van der Waals surface area contributed by atoms with Gasteiger partial charge in [0.2, 0.25) is 0 Å². The summed E-state index contributed by atoms with van der Waals surface area (Å²) >= 11 is 0. The van der Waals surface area contributed by atoms with Crippen molar-refractivity contribution in [2.75, 3.05) is 13.1 Å². The van der Waals surface area contributed by atoms with Crippen LogP contribution in [0.25, 0.3) is 0 Å². The third-order valence-electron chi connectivity index (χ3n) is 3.52. The average molecular weight is 164 g/mol. The molecule has 1 saturated carbocycles. The van der Waals surface area contributed by atoms with E-state index in [9.17, 15) is 0 Å². The Hall–Kier alpha value is -0.550. The number of nitriles is 1. The van der Waals surface area contributed by atoms with Gasteiger partial charge in [0.1, 0.15) is 0 Å². The van der Waals surface area contributed by atoms with Crippen LogP contribution in [0.5, 0.6) is 0 Å². The van der Waals surface area contributed by atoms with Crippen LogP contribution in [0, 0.1) is 22.7 Å². The van der Waals surface area contributed by atoms with Crippen molar-refractivity contribution < 1.29 is 0 Å². The summed E-state index contributed by atoms with van der Waals surface area (Å²) in [5, 5.41) is 8.90. The van der Waals surface area contributed by atoms with Crippen molar-refractivity contribution in [3.8, 4) is 6.07 Å². The van der Waals surface area contributed by atoms with Crippen LogP contribution < -0.4 is 0 Å². The summed E-state index contributed by atoms with van der Waals surface area (Å²) in [5.41, 5.74) is 0.0639. The Morgan fingerprint density at radius 2 is 2.17 bits per heavy atom. The van der Waals surface area contributed by atoms with Crippen LogP contribution in [0.15, 0.2) is 0 Å². The molecule has 2 rings (SSSR count). The van der Waals surface area contributed by atoms with Gasteiger partial charge in [0, 0.05) is 19.1 Å². The molecular weight excluding hydrogens is 148 g/mol. The molecule has 1 aliphatic carbocycles. The zero-order chi connectivity index (χ0) is 8.77. The zero-order valence-electron chi connectivity index (χ0n) is 7.88. The van der Waals surface area contributed by atoms with Crippen LogP contribution in [-0.4, -0.2) is 24.0 Å². The van der Waals surface area contributed by atoms with E-state index in [0.29, 0.717) is 6.04 Å². The molecule has 12 heavy (non-hydrogen) atoms. The summed E-state index contributed by atoms with van der Waals surface area (Å²) < 4.78 is 0. The number of rotatable bonds is 2. The van der Waals surface area contributed by atoms with Crippen LogP contribution in [0.3, 0.4) is 0 Å². The lowest BCUT2D eigenvalue weighted by Gasteiger charge is -2.45. The summed E-state index contributed by atoms with van der Waals surface area (Å²) in [4.78, 5) is 2.45. The Morgan fingerprint density at radius 1 is 1.50 bits per heavy atom. The maximum atomic E-state index is 8.90. The fourth-order valence-electron chi connectivity index (χ4n) is 1.96. The van der Waals surface area contributed by atoms with Crippen molar-refractivity contribution in [2.24, 2.45) is 11.3 Å². The van der Waals surface area contributed by atoms with Crippen LogP contribution in [-0.2, 0) is 0 Å². The second-order valence-corrected chi connectivity index (χ2v) is 4.54. The normalized spacial score (nSPS) is 38.4. The molecule has 2 heteroatoms. The molecule has 0 spiro atoms. The molecule has 66 valence electrons. The molecule has 1 heterocycles. The van der Waals surface area contributed by atoms with Gasteiger partial charge in [0.05, 0.1) is 11.5 Å². The van der Waals surface area contributed by atoms with Gasteiger partial charge in [-0.25, -0.2) is 0 Å². The highest BCUT2D eigenvalue weighted by Crippen LogP contribution is 2.47. The van der Waals surface area contributed by atoms with Gasteiger partial charge in [-0.05, 0) is 25.7 Å². The smallest absolute Gasteiger partial charge is 0.0703 e. The molecule has 1 saturated heterocycles. The van der Waals surface area contributed by atoms with Gasteiger partial charge in [-0.3, -0.25) is 4.90 Å². The van der Waals surface area contributed by atoms with Gasteiger partial charge < -0.3 is 0 Å². The highest BCUT2D eigenvalue weighted by Gasteiger charge is 2.47. The molecule has 1 aliphatic heterocycles. The van der Waals surface area contributed by atoms with Crippen LogP contribution in [0.4, 0.5) is 0 Å². The average Bonchev–Trinajstić information content (AvgIpc) is 2.85. The molecule has 0 aromatic rings. The van der Waals surface area contributed by atoms with E-state index in [1.165, 1.54) is 6.54 Å². The van der Waals surface area contributed by atoms with Crippen molar-refractivity contribution in [1.82, 2.24) is 4.90 Å². The molecule has 2 atom stereocenters. The van der Waals surface area contributed by atoms with E-state index in [0.717, 1.165) is 25.3 Å². The third kappa shape index (κ3) is 1.13. The van der Waals surface area contributed by atoms with Crippen LogP contribution in [0.2, 0.25) is 0 Å². The minimum Gasteiger partial charge on any atom is -0.298 e. The predicted octanol–water partition coefficient (Wildman–Crippen LogP) is 1.63. The summed E-state index contributed by atoms with van der Waals surface area (Å²) in [6.45, 7) is 6.77. The Labute approximate surface area is 74.2 Å². The number of hydrogen-bond acceptors (Lipinski definition) is 2. The Bertz CT molecular complexity index is 224. The van der Waals surface area contributed by atoms with E-state index >= 15 is 0 Å². The van der Waals surface area contributed by atoms with E-state index in [2.05, 4.69) is 24.8 Å². The molecule has 0 amide bonds. The second-order valence-electron chi connectivity index (χ2n) is 4.54. The topological polar surface area (TPSA) is 27.0 Å². The predicted molar refractivity (Wildman–Crippen MR) is 47.5 cm³/mol. The van der Waals surface area contributed by atoms with Gasteiger partial charge in [0.25, 0.3) is 0 Å². The lowest BCUT2D eigenvalue weighted by molar-refractivity contribution is 0.0267. The minimum atomic E-state index is 0.0639. The zero-order valence-corrected chi connectivity index (χ0v) is 7.88. The quantitative estimate of drug-likeness (QED) is 0.620. The first-order chi connectivity index (χ1) is 5.67. The summed E-state index contributed by atoms with van der Waals surface area (Å²) in [6.07, 6.45) is 2.25. The maximum absolute atomic E-state index is 8.90. The monoisotopic (exact) mass is 164 g/mol. The van der Waals surface area contributed by atoms with Crippen molar-refractivity contribution >= 4 is 0 Å². The van der Waals surface area contributed by atoms with Gasteiger partial charge in [-0.1, -0.05) is 6.92 Å². The van der Waals surface area contributed by atoms with Crippen molar-refractivity contribution in [1.29, 1.82) is 5.26 Å². The summed E-state index contributed by atoms with van der Waals surface area (Å²) in [7, 11) is 0. The SMILES string of the molecule is CC1CN(CC2(C#N)CC2)C1C. The second kappa shape index (κ2) is 2.47. The number of nitrogens with zero attached hydrogens (tertiary/aromatic N) is 2. The molecule has 0 radical (unpaired) electrons. The fraction of sp³-hybridized carbons (Fsp3) is 0.900. The first-order valence-corrected chi connectivity index (χ1v) is 4.82. The fourth-order valence-corrected chi connectivity index (χ4v) is 1.96.